The maximum atomic E-state index is 12.6. The molecular weight excluding hydrogens is 211 g/mol. The topological polar surface area (TPSA) is 12.0 Å². The Morgan fingerprint density at radius 2 is 2.14 bits per heavy atom. The van der Waals surface area contributed by atoms with Crippen LogP contribution in [0.1, 0.15) is 16.4 Å². The molecule has 0 amide bonds. The molecule has 1 aromatic heterocycles. The fourth-order valence-electron chi connectivity index (χ4n) is 1.30. The predicted molar refractivity (Wildman–Crippen MR) is 51.8 cm³/mol. The molecule has 0 fully saturated rings. The van der Waals surface area contributed by atoms with Gasteiger partial charge in [0.15, 0.2) is 0 Å². The lowest BCUT2D eigenvalue weighted by molar-refractivity contribution is -0.148. The highest BCUT2D eigenvalue weighted by atomic mass is 32.1. The Morgan fingerprint density at radius 1 is 1.50 bits per heavy atom. The molecule has 1 unspecified atom stereocenters. The highest BCUT2D eigenvalue weighted by molar-refractivity contribution is 7.10. The summed E-state index contributed by atoms with van der Waals surface area (Å²) < 4.78 is 37.9. The zero-order chi connectivity index (χ0) is 10.8. The first kappa shape index (κ1) is 11.5. The molecule has 1 heterocycles. The van der Waals surface area contributed by atoms with Crippen LogP contribution in [0.15, 0.2) is 11.4 Å². The molecule has 0 aliphatic rings. The summed E-state index contributed by atoms with van der Waals surface area (Å²) in [5, 5.41) is 4.27. The molecule has 0 aliphatic heterocycles. The minimum Gasteiger partial charge on any atom is -0.319 e. The number of likely N-dealkylation sites (N-methyl/N-ethyl adjacent to an activating group) is 1. The van der Waals surface area contributed by atoms with Gasteiger partial charge in [-0.2, -0.15) is 13.2 Å². The zero-order valence-corrected chi connectivity index (χ0v) is 8.80. The van der Waals surface area contributed by atoms with Gasteiger partial charge in [-0.3, -0.25) is 0 Å². The molecule has 0 bridgehead atoms. The van der Waals surface area contributed by atoms with Crippen molar-refractivity contribution in [3.8, 4) is 0 Å². The van der Waals surface area contributed by atoms with Crippen molar-refractivity contribution >= 4 is 11.3 Å². The quantitative estimate of drug-likeness (QED) is 0.830. The number of rotatable bonds is 3. The van der Waals surface area contributed by atoms with Gasteiger partial charge in [-0.15, -0.1) is 11.3 Å². The van der Waals surface area contributed by atoms with Gasteiger partial charge in [0.05, 0.1) is 0 Å². The van der Waals surface area contributed by atoms with Crippen molar-refractivity contribution in [2.45, 2.75) is 19.0 Å². The highest BCUT2D eigenvalue weighted by Gasteiger charge is 2.41. The van der Waals surface area contributed by atoms with E-state index in [0.717, 1.165) is 11.3 Å². The van der Waals surface area contributed by atoms with E-state index in [1.165, 1.54) is 7.05 Å². The number of halogens is 3. The summed E-state index contributed by atoms with van der Waals surface area (Å²) in [5.41, 5.74) is 0.715. The van der Waals surface area contributed by atoms with E-state index in [2.05, 4.69) is 5.32 Å². The second-order valence-corrected chi connectivity index (χ2v) is 4.07. The van der Waals surface area contributed by atoms with Crippen LogP contribution in [0.2, 0.25) is 0 Å². The number of hydrogen-bond acceptors (Lipinski definition) is 2. The summed E-state index contributed by atoms with van der Waals surface area (Å²) in [4.78, 5) is 0.409. The number of aryl methyl sites for hydroxylation is 1. The van der Waals surface area contributed by atoms with E-state index >= 15 is 0 Å². The minimum absolute atomic E-state index is 0.0646. The van der Waals surface area contributed by atoms with Crippen molar-refractivity contribution in [3.05, 3.63) is 21.9 Å². The molecule has 14 heavy (non-hydrogen) atoms. The summed E-state index contributed by atoms with van der Waals surface area (Å²) >= 11 is 1.16. The average Bonchev–Trinajstić information content (AvgIpc) is 2.45. The van der Waals surface area contributed by atoms with Gasteiger partial charge in [-0.1, -0.05) is 0 Å². The van der Waals surface area contributed by atoms with Crippen molar-refractivity contribution in [1.29, 1.82) is 0 Å². The van der Waals surface area contributed by atoms with Crippen molar-refractivity contribution in [2.75, 3.05) is 13.6 Å². The minimum atomic E-state index is -4.17. The van der Waals surface area contributed by atoms with Gasteiger partial charge in [0.1, 0.15) is 5.92 Å². The third-order valence-electron chi connectivity index (χ3n) is 2.02. The highest BCUT2D eigenvalue weighted by Crippen LogP contribution is 2.38. The van der Waals surface area contributed by atoms with E-state index in [1.54, 1.807) is 18.4 Å². The van der Waals surface area contributed by atoms with Gasteiger partial charge in [0.2, 0.25) is 0 Å². The average molecular weight is 223 g/mol. The van der Waals surface area contributed by atoms with Gasteiger partial charge in [-0.25, -0.2) is 0 Å². The van der Waals surface area contributed by atoms with Gasteiger partial charge in [0.25, 0.3) is 0 Å². The van der Waals surface area contributed by atoms with Crippen LogP contribution < -0.4 is 5.32 Å². The first-order valence-electron chi connectivity index (χ1n) is 4.22. The van der Waals surface area contributed by atoms with Gasteiger partial charge in [-0.05, 0) is 31.0 Å². The second kappa shape index (κ2) is 4.31. The molecule has 0 aliphatic carbocycles. The molecule has 1 atom stereocenters. The van der Waals surface area contributed by atoms with Crippen LogP contribution in [-0.4, -0.2) is 19.8 Å². The second-order valence-electron chi connectivity index (χ2n) is 3.12. The van der Waals surface area contributed by atoms with E-state index in [4.69, 9.17) is 0 Å². The molecule has 1 rings (SSSR count). The lowest BCUT2D eigenvalue weighted by Crippen LogP contribution is -2.29. The van der Waals surface area contributed by atoms with E-state index in [9.17, 15) is 13.2 Å². The Balaban J connectivity index is 2.95. The number of nitrogens with one attached hydrogen (secondary N) is 1. The van der Waals surface area contributed by atoms with Crippen molar-refractivity contribution in [2.24, 2.45) is 0 Å². The fourth-order valence-corrected chi connectivity index (χ4v) is 2.36. The Kier molecular flexibility index (Phi) is 3.55. The van der Waals surface area contributed by atoms with E-state index in [0.29, 0.717) is 10.4 Å². The lowest BCUT2D eigenvalue weighted by atomic mass is 10.0. The molecule has 1 N–H and O–H groups in total. The monoisotopic (exact) mass is 223 g/mol. The van der Waals surface area contributed by atoms with Crippen LogP contribution in [0.3, 0.4) is 0 Å². The molecule has 5 heteroatoms. The summed E-state index contributed by atoms with van der Waals surface area (Å²) in [6.45, 7) is 1.64. The predicted octanol–water partition coefficient (Wildman–Crippen LogP) is 2.92. The van der Waals surface area contributed by atoms with Crippen LogP contribution in [0.4, 0.5) is 13.2 Å². The van der Waals surface area contributed by atoms with Crippen molar-refractivity contribution < 1.29 is 13.2 Å². The number of thiophene rings is 1. The van der Waals surface area contributed by atoms with E-state index in [1.807, 2.05) is 0 Å². The summed E-state index contributed by atoms with van der Waals surface area (Å²) in [5.74, 6) is -1.38. The van der Waals surface area contributed by atoms with Crippen LogP contribution >= 0.6 is 11.3 Å². The van der Waals surface area contributed by atoms with Gasteiger partial charge in [0, 0.05) is 11.4 Å². The molecule has 0 saturated carbocycles. The maximum Gasteiger partial charge on any atom is 0.397 e. The Labute approximate surface area is 84.9 Å². The van der Waals surface area contributed by atoms with E-state index in [-0.39, 0.29) is 6.54 Å². The Hall–Kier alpha value is -0.550. The van der Waals surface area contributed by atoms with Gasteiger partial charge < -0.3 is 5.32 Å². The normalized spacial score (nSPS) is 14.4. The first-order chi connectivity index (χ1) is 6.46. The molecule has 1 aromatic rings. The summed E-state index contributed by atoms with van der Waals surface area (Å²) in [6.07, 6.45) is -4.17. The Bertz CT molecular complexity index is 292. The first-order valence-corrected chi connectivity index (χ1v) is 5.10. The molecule has 0 saturated heterocycles. The van der Waals surface area contributed by atoms with E-state index < -0.39 is 12.1 Å². The number of hydrogen-bond donors (Lipinski definition) is 1. The van der Waals surface area contributed by atoms with Crippen LogP contribution in [0.5, 0.6) is 0 Å². The molecular formula is C9H12F3NS. The van der Waals surface area contributed by atoms with Crippen molar-refractivity contribution in [3.63, 3.8) is 0 Å². The smallest absolute Gasteiger partial charge is 0.319 e. The third-order valence-corrected chi connectivity index (χ3v) is 3.15. The Morgan fingerprint density at radius 3 is 2.50 bits per heavy atom. The maximum absolute atomic E-state index is 12.6. The standard InChI is InChI=1S/C9H12F3NS/c1-6-3-4-14-8(6)7(5-13-2)9(10,11)12/h3-4,7,13H,5H2,1-2H3. The molecule has 80 valence electrons. The largest absolute Gasteiger partial charge is 0.397 e. The lowest BCUT2D eigenvalue weighted by Gasteiger charge is -2.19. The SMILES string of the molecule is CNCC(c1sccc1C)C(F)(F)F. The van der Waals surface area contributed by atoms with Crippen LogP contribution in [0.25, 0.3) is 0 Å². The zero-order valence-electron chi connectivity index (χ0n) is 7.98. The van der Waals surface area contributed by atoms with Crippen molar-refractivity contribution in [1.82, 2.24) is 5.32 Å². The molecule has 0 radical (unpaired) electrons. The third kappa shape index (κ3) is 2.48. The summed E-state index contributed by atoms with van der Waals surface area (Å²) in [6, 6.07) is 1.72. The molecule has 1 nitrogen and oxygen atoms in total. The molecule has 0 aromatic carbocycles. The van der Waals surface area contributed by atoms with Crippen LogP contribution in [0, 0.1) is 6.92 Å². The summed E-state index contributed by atoms with van der Waals surface area (Å²) in [7, 11) is 1.53. The molecule has 0 spiro atoms. The fraction of sp³-hybridized carbons (Fsp3) is 0.556. The van der Waals surface area contributed by atoms with Crippen LogP contribution in [-0.2, 0) is 0 Å². The van der Waals surface area contributed by atoms with Gasteiger partial charge >= 0.3 is 6.18 Å². The number of alkyl halides is 3.